The molecule has 10 heteroatoms. The number of nitrogens with one attached hydrogen (secondary N) is 2. The Kier molecular flexibility index (Phi) is 8.06. The van der Waals surface area contributed by atoms with E-state index in [9.17, 15) is 14.4 Å². The summed E-state index contributed by atoms with van der Waals surface area (Å²) in [5.74, 6) is -2.40. The normalized spacial score (nSPS) is 11.0. The molecule has 33 heavy (non-hydrogen) atoms. The molecule has 0 unspecified atom stereocenters. The number of para-hydroxylation sites is 1. The van der Waals surface area contributed by atoms with Crippen LogP contribution < -0.4 is 15.5 Å². The van der Waals surface area contributed by atoms with Crippen LogP contribution >= 0.6 is 34.8 Å². The maximum Gasteiger partial charge on any atom is 0.345 e. The Hall–Kier alpha value is -3.39. The molecule has 0 spiro atoms. The van der Waals surface area contributed by atoms with Gasteiger partial charge in [0.25, 0.3) is 0 Å². The van der Waals surface area contributed by atoms with Crippen molar-refractivity contribution in [2.45, 2.75) is 6.92 Å². The summed E-state index contributed by atoms with van der Waals surface area (Å²) in [4.78, 5) is 36.7. The van der Waals surface area contributed by atoms with Gasteiger partial charge in [0.15, 0.2) is 0 Å². The summed E-state index contributed by atoms with van der Waals surface area (Å²) < 4.78 is 5.47. The Morgan fingerprint density at radius 2 is 1.45 bits per heavy atom. The van der Waals surface area contributed by atoms with Crippen LogP contribution in [0.1, 0.15) is 22.8 Å². The van der Waals surface area contributed by atoms with Crippen molar-refractivity contribution in [3.63, 3.8) is 0 Å². The van der Waals surface area contributed by atoms with Gasteiger partial charge in [0.05, 0.1) is 26.3 Å². The van der Waals surface area contributed by atoms with E-state index in [2.05, 4.69) is 15.8 Å². The van der Waals surface area contributed by atoms with Crippen molar-refractivity contribution in [1.29, 1.82) is 0 Å². The van der Waals surface area contributed by atoms with Gasteiger partial charge in [0.1, 0.15) is 5.75 Å². The summed E-state index contributed by atoms with van der Waals surface area (Å²) in [5.41, 5.74) is 3.40. The molecule has 0 radical (unpaired) electrons. The SMILES string of the molecule is CC(=NNC(=O)C(=O)Nc1ccc(Cl)c(Cl)c1)c1ccccc1OC(=O)c1ccccc1Cl. The minimum Gasteiger partial charge on any atom is -0.422 e. The van der Waals surface area contributed by atoms with Gasteiger partial charge in [0, 0.05) is 11.3 Å². The molecule has 168 valence electrons. The van der Waals surface area contributed by atoms with Crippen molar-refractivity contribution < 1.29 is 19.1 Å². The zero-order chi connectivity index (χ0) is 24.0. The maximum atomic E-state index is 12.5. The third-order valence-electron chi connectivity index (χ3n) is 4.28. The van der Waals surface area contributed by atoms with Crippen molar-refractivity contribution in [3.05, 3.63) is 92.9 Å². The summed E-state index contributed by atoms with van der Waals surface area (Å²) >= 11 is 17.8. The fourth-order valence-electron chi connectivity index (χ4n) is 2.64. The molecule has 0 aliphatic heterocycles. The lowest BCUT2D eigenvalue weighted by molar-refractivity contribution is -0.136. The number of esters is 1. The largest absolute Gasteiger partial charge is 0.422 e. The van der Waals surface area contributed by atoms with Gasteiger partial charge in [0.2, 0.25) is 0 Å². The highest BCUT2D eigenvalue weighted by Crippen LogP contribution is 2.25. The van der Waals surface area contributed by atoms with E-state index in [0.717, 1.165) is 0 Å². The molecule has 0 saturated heterocycles. The fraction of sp³-hybridized carbons (Fsp3) is 0.0435. The number of carbonyl (C=O) groups excluding carboxylic acids is 3. The van der Waals surface area contributed by atoms with Gasteiger partial charge in [-0.2, -0.15) is 5.10 Å². The van der Waals surface area contributed by atoms with Crippen molar-refractivity contribution in [3.8, 4) is 5.75 Å². The minimum absolute atomic E-state index is 0.204. The molecule has 0 fully saturated rings. The second kappa shape index (κ2) is 11.0. The number of ether oxygens (including phenoxy) is 1. The van der Waals surface area contributed by atoms with Crippen molar-refractivity contribution >= 4 is 64.0 Å². The van der Waals surface area contributed by atoms with E-state index in [1.807, 2.05) is 0 Å². The number of anilines is 1. The topological polar surface area (TPSA) is 96.9 Å². The molecular formula is C23H16Cl3N3O4. The fourth-order valence-corrected chi connectivity index (χ4v) is 3.15. The van der Waals surface area contributed by atoms with Crippen LogP contribution in [0.4, 0.5) is 5.69 Å². The highest BCUT2D eigenvalue weighted by Gasteiger charge is 2.17. The molecule has 0 atom stereocenters. The molecule has 0 heterocycles. The molecule has 3 rings (SSSR count). The van der Waals surface area contributed by atoms with Crippen LogP contribution in [-0.4, -0.2) is 23.5 Å². The van der Waals surface area contributed by atoms with Gasteiger partial charge in [-0.25, -0.2) is 10.2 Å². The van der Waals surface area contributed by atoms with Crippen LogP contribution in [-0.2, 0) is 9.59 Å². The lowest BCUT2D eigenvalue weighted by Crippen LogP contribution is -2.33. The van der Waals surface area contributed by atoms with Gasteiger partial charge in [-0.05, 0) is 49.4 Å². The Balaban J connectivity index is 1.69. The number of hydrogen-bond acceptors (Lipinski definition) is 5. The van der Waals surface area contributed by atoms with Crippen molar-refractivity contribution in [1.82, 2.24) is 5.43 Å². The van der Waals surface area contributed by atoms with Gasteiger partial charge >= 0.3 is 17.8 Å². The summed E-state index contributed by atoms with van der Waals surface area (Å²) in [6.45, 7) is 1.58. The first kappa shape index (κ1) is 24.3. The number of halogens is 3. The van der Waals surface area contributed by atoms with Crippen LogP contribution in [0.5, 0.6) is 5.75 Å². The van der Waals surface area contributed by atoms with Crippen molar-refractivity contribution in [2.24, 2.45) is 5.10 Å². The average Bonchev–Trinajstić information content (AvgIpc) is 2.80. The standard InChI is InChI=1S/C23H16Cl3N3O4/c1-13(28-29-22(31)21(30)27-14-10-11-18(25)19(26)12-14)15-6-3-5-9-20(15)33-23(32)16-7-2-4-8-17(16)24/h2-12H,1H3,(H,27,30)(H,29,31). The molecule has 0 saturated carbocycles. The third kappa shape index (κ3) is 6.32. The number of hydrazone groups is 1. The predicted octanol–water partition coefficient (Wildman–Crippen LogP) is 5.34. The van der Waals surface area contributed by atoms with E-state index in [1.54, 1.807) is 55.5 Å². The van der Waals surface area contributed by atoms with Crippen LogP contribution in [0.15, 0.2) is 71.8 Å². The minimum atomic E-state index is -1.01. The first-order valence-electron chi connectivity index (χ1n) is 9.43. The Morgan fingerprint density at radius 1 is 0.788 bits per heavy atom. The molecule has 0 aliphatic rings. The molecule has 2 N–H and O–H groups in total. The van der Waals surface area contributed by atoms with E-state index in [1.165, 1.54) is 18.2 Å². The summed E-state index contributed by atoms with van der Waals surface area (Å²) in [7, 11) is 0. The molecule has 0 aliphatic carbocycles. The first-order chi connectivity index (χ1) is 15.8. The second-order valence-electron chi connectivity index (χ2n) is 6.59. The summed E-state index contributed by atoms with van der Waals surface area (Å²) in [5, 5.41) is 7.12. The number of rotatable bonds is 5. The molecule has 0 aromatic heterocycles. The summed E-state index contributed by atoms with van der Waals surface area (Å²) in [6.07, 6.45) is 0. The van der Waals surface area contributed by atoms with Crippen LogP contribution in [0.2, 0.25) is 15.1 Å². The molecular weight excluding hydrogens is 489 g/mol. The molecule has 3 aromatic rings. The highest BCUT2D eigenvalue weighted by atomic mass is 35.5. The first-order valence-corrected chi connectivity index (χ1v) is 10.6. The summed E-state index contributed by atoms with van der Waals surface area (Å²) in [6, 6.07) is 17.5. The van der Waals surface area contributed by atoms with E-state index < -0.39 is 17.8 Å². The van der Waals surface area contributed by atoms with Crippen molar-refractivity contribution in [2.75, 3.05) is 5.32 Å². The Morgan fingerprint density at radius 3 is 2.15 bits per heavy atom. The number of nitrogens with zero attached hydrogens (tertiary/aromatic N) is 1. The molecule has 7 nitrogen and oxygen atoms in total. The van der Waals surface area contributed by atoms with E-state index in [-0.39, 0.29) is 21.4 Å². The zero-order valence-corrected chi connectivity index (χ0v) is 19.3. The quantitative estimate of drug-likeness (QED) is 0.161. The molecule has 2 amide bonds. The van der Waals surface area contributed by atoms with Crippen LogP contribution in [0.3, 0.4) is 0 Å². The number of amides is 2. The van der Waals surface area contributed by atoms with Crippen LogP contribution in [0, 0.1) is 0 Å². The number of hydrogen-bond donors (Lipinski definition) is 2. The highest BCUT2D eigenvalue weighted by molar-refractivity contribution is 6.43. The molecule has 0 bridgehead atoms. The Bertz CT molecular complexity index is 1260. The van der Waals surface area contributed by atoms with E-state index >= 15 is 0 Å². The number of benzene rings is 3. The second-order valence-corrected chi connectivity index (χ2v) is 7.81. The van der Waals surface area contributed by atoms with E-state index in [4.69, 9.17) is 39.5 Å². The third-order valence-corrected chi connectivity index (χ3v) is 5.35. The monoisotopic (exact) mass is 503 g/mol. The lowest BCUT2D eigenvalue weighted by Gasteiger charge is -2.11. The van der Waals surface area contributed by atoms with E-state index in [0.29, 0.717) is 22.0 Å². The van der Waals surface area contributed by atoms with Gasteiger partial charge < -0.3 is 10.1 Å². The van der Waals surface area contributed by atoms with Crippen LogP contribution in [0.25, 0.3) is 0 Å². The molecule has 3 aromatic carbocycles. The number of carbonyl (C=O) groups is 3. The van der Waals surface area contributed by atoms with Gasteiger partial charge in [-0.1, -0.05) is 59.1 Å². The Labute approximate surface area is 204 Å². The smallest absolute Gasteiger partial charge is 0.345 e. The van der Waals surface area contributed by atoms with Gasteiger partial charge in [-0.3, -0.25) is 9.59 Å². The predicted molar refractivity (Wildman–Crippen MR) is 128 cm³/mol. The van der Waals surface area contributed by atoms with Gasteiger partial charge in [-0.15, -0.1) is 0 Å². The lowest BCUT2D eigenvalue weighted by atomic mass is 10.1. The maximum absolute atomic E-state index is 12.5. The average molecular weight is 505 g/mol. The zero-order valence-electron chi connectivity index (χ0n) is 17.1.